The van der Waals surface area contributed by atoms with E-state index in [0.29, 0.717) is 6.54 Å². The molecule has 1 aromatic carbocycles. The highest BCUT2D eigenvalue weighted by Gasteiger charge is 2.24. The normalized spacial score (nSPS) is 16.9. The highest BCUT2D eigenvalue weighted by atomic mass is 16.2. The number of carbonyl (C=O) groups excluding carboxylic acids is 1. The lowest BCUT2D eigenvalue weighted by atomic mass is 9.93. The van der Waals surface area contributed by atoms with E-state index in [2.05, 4.69) is 34.7 Å². The molecule has 122 valence electrons. The smallest absolute Gasteiger partial charge is 0.243 e. The van der Waals surface area contributed by atoms with Crippen molar-refractivity contribution in [2.75, 3.05) is 14.1 Å². The SMILES string of the molecule is CN(C)C(=O)Cn1cc2c(n1)C(NCc1ccccc1)CCC2. The molecule has 0 fully saturated rings. The molecule has 1 N–H and O–H groups in total. The zero-order valence-electron chi connectivity index (χ0n) is 13.8. The molecular formula is C18H24N4O. The van der Waals surface area contributed by atoms with Gasteiger partial charge in [0.1, 0.15) is 6.54 Å². The lowest BCUT2D eigenvalue weighted by Gasteiger charge is -2.22. The van der Waals surface area contributed by atoms with Crippen LogP contribution in [-0.2, 0) is 24.3 Å². The first-order valence-electron chi connectivity index (χ1n) is 8.17. The average molecular weight is 312 g/mol. The van der Waals surface area contributed by atoms with Crippen molar-refractivity contribution in [2.24, 2.45) is 0 Å². The molecule has 1 heterocycles. The van der Waals surface area contributed by atoms with E-state index >= 15 is 0 Å². The number of aryl methyl sites for hydroxylation is 1. The summed E-state index contributed by atoms with van der Waals surface area (Å²) < 4.78 is 1.79. The Morgan fingerprint density at radius 1 is 1.35 bits per heavy atom. The molecule has 5 heteroatoms. The first-order chi connectivity index (χ1) is 11.1. The minimum atomic E-state index is 0.0682. The molecule has 0 saturated heterocycles. The van der Waals surface area contributed by atoms with E-state index < -0.39 is 0 Å². The Bertz CT molecular complexity index is 663. The summed E-state index contributed by atoms with van der Waals surface area (Å²) >= 11 is 0. The maximum Gasteiger partial charge on any atom is 0.243 e. The van der Waals surface area contributed by atoms with Crippen LogP contribution >= 0.6 is 0 Å². The van der Waals surface area contributed by atoms with Crippen molar-refractivity contribution >= 4 is 5.91 Å². The monoisotopic (exact) mass is 312 g/mol. The summed E-state index contributed by atoms with van der Waals surface area (Å²) in [4.78, 5) is 13.5. The van der Waals surface area contributed by atoms with Crippen molar-refractivity contribution in [2.45, 2.75) is 38.4 Å². The predicted molar refractivity (Wildman–Crippen MR) is 89.9 cm³/mol. The van der Waals surface area contributed by atoms with Crippen LogP contribution in [0.3, 0.4) is 0 Å². The number of hydrogen-bond acceptors (Lipinski definition) is 3. The lowest BCUT2D eigenvalue weighted by Crippen LogP contribution is -2.27. The number of nitrogens with zero attached hydrogens (tertiary/aromatic N) is 3. The lowest BCUT2D eigenvalue weighted by molar-refractivity contribution is -0.129. The number of nitrogens with one attached hydrogen (secondary N) is 1. The minimum absolute atomic E-state index is 0.0682. The van der Waals surface area contributed by atoms with Crippen molar-refractivity contribution in [3.05, 3.63) is 53.3 Å². The van der Waals surface area contributed by atoms with Gasteiger partial charge in [0.25, 0.3) is 0 Å². The molecule has 0 saturated carbocycles. The van der Waals surface area contributed by atoms with E-state index in [1.807, 2.05) is 12.3 Å². The fraction of sp³-hybridized carbons (Fsp3) is 0.444. The van der Waals surface area contributed by atoms with Gasteiger partial charge in [-0.2, -0.15) is 5.10 Å². The van der Waals surface area contributed by atoms with Crippen molar-refractivity contribution in [3.63, 3.8) is 0 Å². The van der Waals surface area contributed by atoms with Gasteiger partial charge in [-0.1, -0.05) is 30.3 Å². The van der Waals surface area contributed by atoms with E-state index in [4.69, 9.17) is 0 Å². The summed E-state index contributed by atoms with van der Waals surface area (Å²) in [6.07, 6.45) is 5.34. The number of carbonyl (C=O) groups is 1. The summed E-state index contributed by atoms with van der Waals surface area (Å²) in [5.41, 5.74) is 3.66. The fourth-order valence-corrected chi connectivity index (χ4v) is 2.99. The number of aromatic nitrogens is 2. The summed E-state index contributed by atoms with van der Waals surface area (Å²) in [7, 11) is 3.55. The molecule has 1 amide bonds. The summed E-state index contributed by atoms with van der Waals surface area (Å²) in [5, 5.41) is 8.29. The molecule has 1 aliphatic carbocycles. The summed E-state index contributed by atoms with van der Waals surface area (Å²) in [5.74, 6) is 0.0682. The molecule has 0 bridgehead atoms. The van der Waals surface area contributed by atoms with E-state index in [9.17, 15) is 4.79 Å². The van der Waals surface area contributed by atoms with Gasteiger partial charge in [-0.25, -0.2) is 0 Å². The summed E-state index contributed by atoms with van der Waals surface area (Å²) in [6.45, 7) is 1.15. The largest absolute Gasteiger partial charge is 0.347 e. The third-order valence-corrected chi connectivity index (χ3v) is 4.33. The quantitative estimate of drug-likeness (QED) is 0.920. The Balaban J connectivity index is 1.69. The Hall–Kier alpha value is -2.14. The van der Waals surface area contributed by atoms with Gasteiger partial charge in [0.2, 0.25) is 5.91 Å². The maximum absolute atomic E-state index is 11.9. The number of benzene rings is 1. The zero-order valence-corrected chi connectivity index (χ0v) is 13.8. The van der Waals surface area contributed by atoms with Gasteiger partial charge in [-0.05, 0) is 30.4 Å². The van der Waals surface area contributed by atoms with Crippen molar-refractivity contribution in [1.29, 1.82) is 0 Å². The highest BCUT2D eigenvalue weighted by molar-refractivity contribution is 5.75. The predicted octanol–water partition coefficient (Wildman–Crippen LogP) is 2.14. The molecule has 0 spiro atoms. The Morgan fingerprint density at radius 3 is 2.87 bits per heavy atom. The van der Waals surface area contributed by atoms with Crippen LogP contribution < -0.4 is 5.32 Å². The molecule has 3 rings (SSSR count). The van der Waals surface area contributed by atoms with Gasteiger partial charge in [-0.15, -0.1) is 0 Å². The number of likely N-dealkylation sites (N-methyl/N-ethyl adjacent to an activating group) is 1. The van der Waals surface area contributed by atoms with Crippen LogP contribution in [0.1, 0.15) is 35.7 Å². The van der Waals surface area contributed by atoms with Crippen LogP contribution in [-0.4, -0.2) is 34.7 Å². The Labute approximate surface area is 137 Å². The van der Waals surface area contributed by atoms with Crippen molar-refractivity contribution < 1.29 is 4.79 Å². The van der Waals surface area contributed by atoms with Gasteiger partial charge < -0.3 is 10.2 Å². The van der Waals surface area contributed by atoms with Crippen molar-refractivity contribution in [3.8, 4) is 0 Å². The molecule has 0 aliphatic heterocycles. The first kappa shape index (κ1) is 15.7. The van der Waals surface area contributed by atoms with Gasteiger partial charge >= 0.3 is 0 Å². The maximum atomic E-state index is 11.9. The number of amides is 1. The van der Waals surface area contributed by atoms with Crippen LogP contribution in [0.2, 0.25) is 0 Å². The topological polar surface area (TPSA) is 50.2 Å². The minimum Gasteiger partial charge on any atom is -0.347 e. The highest BCUT2D eigenvalue weighted by Crippen LogP contribution is 2.28. The second-order valence-corrected chi connectivity index (χ2v) is 6.34. The van der Waals surface area contributed by atoms with Crippen LogP contribution in [0, 0.1) is 0 Å². The Kier molecular flexibility index (Phi) is 4.76. The number of rotatable bonds is 5. The van der Waals surface area contributed by atoms with E-state index in [1.165, 1.54) is 11.1 Å². The fourth-order valence-electron chi connectivity index (χ4n) is 2.99. The molecule has 2 aromatic rings. The molecule has 1 aliphatic rings. The van der Waals surface area contributed by atoms with E-state index in [-0.39, 0.29) is 11.9 Å². The molecule has 1 atom stereocenters. The molecule has 1 unspecified atom stereocenters. The average Bonchev–Trinajstić information content (AvgIpc) is 2.96. The third-order valence-electron chi connectivity index (χ3n) is 4.33. The molecule has 1 aromatic heterocycles. The summed E-state index contributed by atoms with van der Waals surface area (Å²) in [6, 6.07) is 10.7. The molecular weight excluding hydrogens is 288 g/mol. The van der Waals surface area contributed by atoms with Gasteiger partial charge in [0, 0.05) is 26.8 Å². The standard InChI is InChI=1S/C18H24N4O/c1-21(2)17(23)13-22-12-15-9-6-10-16(18(15)20-22)19-11-14-7-4-3-5-8-14/h3-5,7-8,12,16,19H,6,9-11,13H2,1-2H3. The van der Waals surface area contributed by atoms with Crippen LogP contribution in [0.5, 0.6) is 0 Å². The van der Waals surface area contributed by atoms with E-state index in [0.717, 1.165) is 31.5 Å². The molecule has 0 radical (unpaired) electrons. The molecule has 23 heavy (non-hydrogen) atoms. The van der Waals surface area contributed by atoms with Crippen LogP contribution in [0.15, 0.2) is 36.5 Å². The van der Waals surface area contributed by atoms with E-state index in [1.54, 1.807) is 23.7 Å². The van der Waals surface area contributed by atoms with Gasteiger partial charge in [-0.3, -0.25) is 9.48 Å². The van der Waals surface area contributed by atoms with Gasteiger partial charge in [0.15, 0.2) is 0 Å². The second-order valence-electron chi connectivity index (χ2n) is 6.34. The zero-order chi connectivity index (χ0) is 16.2. The second kappa shape index (κ2) is 6.96. The third kappa shape index (κ3) is 3.79. The first-order valence-corrected chi connectivity index (χ1v) is 8.17. The Morgan fingerprint density at radius 2 is 2.13 bits per heavy atom. The van der Waals surface area contributed by atoms with Crippen LogP contribution in [0.4, 0.5) is 0 Å². The van der Waals surface area contributed by atoms with Crippen LogP contribution in [0.25, 0.3) is 0 Å². The van der Waals surface area contributed by atoms with Gasteiger partial charge in [0.05, 0.1) is 11.7 Å². The number of hydrogen-bond donors (Lipinski definition) is 1. The molecule has 5 nitrogen and oxygen atoms in total. The number of fused-ring (bicyclic) bond motifs is 1. The van der Waals surface area contributed by atoms with Crippen molar-refractivity contribution in [1.82, 2.24) is 20.0 Å².